The number of nitrogens with zero attached hydrogens (tertiary/aromatic N) is 2. The van der Waals surface area contributed by atoms with Crippen molar-refractivity contribution in [3.8, 4) is 0 Å². The van der Waals surface area contributed by atoms with Crippen LogP contribution in [0.2, 0.25) is 0 Å². The zero-order valence-corrected chi connectivity index (χ0v) is 13.5. The highest BCUT2D eigenvalue weighted by molar-refractivity contribution is 5.43. The van der Waals surface area contributed by atoms with E-state index >= 15 is 0 Å². The van der Waals surface area contributed by atoms with Gasteiger partial charge < -0.3 is 10.6 Å². The normalized spacial score (nSPS) is 24.6. The Hall–Kier alpha value is -1.06. The second-order valence-corrected chi connectivity index (χ2v) is 7.02. The van der Waals surface area contributed by atoms with Crippen LogP contribution in [0, 0.1) is 0 Å². The third-order valence-corrected chi connectivity index (χ3v) is 5.38. The van der Waals surface area contributed by atoms with Crippen LogP contribution in [0.25, 0.3) is 0 Å². The van der Waals surface area contributed by atoms with Crippen LogP contribution in [-0.2, 0) is 5.41 Å². The maximum Gasteiger partial charge on any atom is 0.0314 e. The zero-order valence-electron chi connectivity index (χ0n) is 13.5. The first kappa shape index (κ1) is 14.9. The Morgan fingerprint density at radius 3 is 2.62 bits per heavy atom. The van der Waals surface area contributed by atoms with Crippen molar-refractivity contribution in [2.45, 2.75) is 44.1 Å². The maximum atomic E-state index is 5.82. The van der Waals surface area contributed by atoms with Crippen molar-refractivity contribution in [3.05, 3.63) is 29.8 Å². The van der Waals surface area contributed by atoms with E-state index in [9.17, 15) is 0 Å². The number of likely N-dealkylation sites (tertiary alicyclic amines) is 1. The van der Waals surface area contributed by atoms with Gasteiger partial charge in [0.2, 0.25) is 0 Å². The van der Waals surface area contributed by atoms with Gasteiger partial charge in [-0.2, -0.15) is 0 Å². The summed E-state index contributed by atoms with van der Waals surface area (Å²) in [6, 6.07) is 9.31. The fourth-order valence-electron chi connectivity index (χ4n) is 3.98. The first-order valence-corrected chi connectivity index (χ1v) is 8.41. The van der Waals surface area contributed by atoms with Crippen LogP contribution in [0.1, 0.15) is 38.2 Å². The Bertz CT molecular complexity index is 464. The SMILES string of the molecule is CCN1CCCC1CN(C)CC1(c2ccc(N)cc2)CC1. The molecule has 2 N–H and O–H groups in total. The van der Waals surface area contributed by atoms with Crippen LogP contribution in [0.4, 0.5) is 5.69 Å². The van der Waals surface area contributed by atoms with Gasteiger partial charge in [-0.25, -0.2) is 0 Å². The smallest absolute Gasteiger partial charge is 0.0314 e. The molecule has 3 nitrogen and oxygen atoms in total. The minimum atomic E-state index is 0.401. The number of rotatable bonds is 6. The Balaban J connectivity index is 1.59. The number of hydrogen-bond acceptors (Lipinski definition) is 3. The van der Waals surface area contributed by atoms with E-state index in [1.807, 2.05) is 12.1 Å². The lowest BCUT2D eigenvalue weighted by Crippen LogP contribution is -2.41. The third-order valence-electron chi connectivity index (χ3n) is 5.38. The fraction of sp³-hybridized carbons (Fsp3) is 0.667. The predicted molar refractivity (Wildman–Crippen MR) is 89.5 cm³/mol. The van der Waals surface area contributed by atoms with Crippen molar-refractivity contribution in [1.29, 1.82) is 0 Å². The van der Waals surface area contributed by atoms with Crippen molar-refractivity contribution in [2.75, 3.05) is 39.0 Å². The minimum Gasteiger partial charge on any atom is -0.399 e. The molecule has 2 fully saturated rings. The summed E-state index contributed by atoms with van der Waals surface area (Å²) >= 11 is 0. The monoisotopic (exact) mass is 287 g/mol. The number of likely N-dealkylation sites (N-methyl/N-ethyl adjacent to an activating group) is 2. The predicted octanol–water partition coefficient (Wildman–Crippen LogP) is 2.72. The third kappa shape index (κ3) is 3.24. The Labute approximate surface area is 129 Å². The molecule has 2 aliphatic rings. The standard InChI is InChI=1S/C18H29N3/c1-3-21-12-4-5-17(21)13-20(2)14-18(10-11-18)15-6-8-16(19)9-7-15/h6-9,17H,3-5,10-14,19H2,1-2H3. The second kappa shape index (κ2) is 5.98. The number of nitrogen functional groups attached to an aromatic ring is 1. The molecule has 0 amide bonds. The Morgan fingerprint density at radius 1 is 1.29 bits per heavy atom. The van der Waals surface area contributed by atoms with E-state index in [1.165, 1.54) is 57.4 Å². The highest BCUT2D eigenvalue weighted by Crippen LogP contribution is 2.48. The van der Waals surface area contributed by atoms with Crippen LogP contribution < -0.4 is 5.73 Å². The molecule has 116 valence electrons. The van der Waals surface area contributed by atoms with E-state index in [0.29, 0.717) is 5.41 Å². The van der Waals surface area contributed by atoms with Crippen LogP contribution in [0.15, 0.2) is 24.3 Å². The quantitative estimate of drug-likeness (QED) is 0.817. The summed E-state index contributed by atoms with van der Waals surface area (Å²) < 4.78 is 0. The van der Waals surface area contributed by atoms with Gasteiger partial charge in [-0.3, -0.25) is 4.90 Å². The average molecular weight is 287 g/mol. The van der Waals surface area contributed by atoms with Crippen LogP contribution in [0.3, 0.4) is 0 Å². The van der Waals surface area contributed by atoms with Crippen molar-refractivity contribution in [3.63, 3.8) is 0 Å². The molecule has 0 spiro atoms. The van der Waals surface area contributed by atoms with Gasteiger partial charge >= 0.3 is 0 Å². The fourth-order valence-corrected chi connectivity index (χ4v) is 3.98. The molecule has 3 heteroatoms. The summed E-state index contributed by atoms with van der Waals surface area (Å²) in [6.07, 6.45) is 5.38. The highest BCUT2D eigenvalue weighted by atomic mass is 15.2. The van der Waals surface area contributed by atoms with Gasteiger partial charge in [0.25, 0.3) is 0 Å². The number of benzene rings is 1. The van der Waals surface area contributed by atoms with Crippen LogP contribution in [-0.4, -0.2) is 49.1 Å². The molecule has 1 saturated heterocycles. The molecule has 1 aromatic carbocycles. The van der Waals surface area contributed by atoms with Crippen molar-refractivity contribution in [1.82, 2.24) is 9.80 Å². The number of hydrogen-bond donors (Lipinski definition) is 1. The molecule has 1 aromatic rings. The zero-order chi connectivity index (χ0) is 14.9. The average Bonchev–Trinajstić information content (AvgIpc) is 3.10. The highest BCUT2D eigenvalue weighted by Gasteiger charge is 2.45. The summed E-state index contributed by atoms with van der Waals surface area (Å²) in [5.74, 6) is 0. The van der Waals surface area contributed by atoms with Crippen LogP contribution in [0.5, 0.6) is 0 Å². The van der Waals surface area contributed by atoms with E-state index in [-0.39, 0.29) is 0 Å². The molecule has 1 aliphatic carbocycles. The van der Waals surface area contributed by atoms with E-state index in [0.717, 1.165) is 11.7 Å². The maximum absolute atomic E-state index is 5.82. The van der Waals surface area contributed by atoms with E-state index in [2.05, 4.69) is 35.9 Å². The number of anilines is 1. The topological polar surface area (TPSA) is 32.5 Å². The summed E-state index contributed by atoms with van der Waals surface area (Å²) in [5.41, 5.74) is 8.56. The molecule has 1 aliphatic heterocycles. The van der Waals surface area contributed by atoms with Crippen LogP contribution >= 0.6 is 0 Å². The minimum absolute atomic E-state index is 0.401. The molecule has 1 heterocycles. The molecule has 3 rings (SSSR count). The lowest BCUT2D eigenvalue weighted by Gasteiger charge is -2.30. The Morgan fingerprint density at radius 2 is 2.00 bits per heavy atom. The van der Waals surface area contributed by atoms with Crippen molar-refractivity contribution in [2.24, 2.45) is 0 Å². The molecule has 1 saturated carbocycles. The lowest BCUT2D eigenvalue weighted by molar-refractivity contribution is 0.190. The van der Waals surface area contributed by atoms with E-state index in [1.54, 1.807) is 0 Å². The van der Waals surface area contributed by atoms with Crippen molar-refractivity contribution >= 4 is 5.69 Å². The van der Waals surface area contributed by atoms with Gasteiger partial charge in [-0.1, -0.05) is 19.1 Å². The summed E-state index contributed by atoms with van der Waals surface area (Å²) in [6.45, 7) is 7.17. The molecular weight excluding hydrogens is 258 g/mol. The second-order valence-electron chi connectivity index (χ2n) is 7.02. The van der Waals surface area contributed by atoms with Gasteiger partial charge in [0.1, 0.15) is 0 Å². The summed E-state index contributed by atoms with van der Waals surface area (Å²) in [5, 5.41) is 0. The van der Waals surface area contributed by atoms with Gasteiger partial charge in [0, 0.05) is 30.2 Å². The Kier molecular flexibility index (Phi) is 4.23. The molecule has 0 bridgehead atoms. The molecular formula is C18H29N3. The van der Waals surface area contributed by atoms with E-state index < -0.39 is 0 Å². The van der Waals surface area contributed by atoms with Gasteiger partial charge in [-0.15, -0.1) is 0 Å². The molecule has 21 heavy (non-hydrogen) atoms. The van der Waals surface area contributed by atoms with Gasteiger partial charge in [0.15, 0.2) is 0 Å². The number of nitrogens with two attached hydrogens (primary N) is 1. The molecule has 0 aromatic heterocycles. The molecule has 1 atom stereocenters. The summed E-state index contributed by atoms with van der Waals surface area (Å²) in [7, 11) is 2.30. The first-order valence-electron chi connectivity index (χ1n) is 8.41. The van der Waals surface area contributed by atoms with Gasteiger partial charge in [0.05, 0.1) is 0 Å². The van der Waals surface area contributed by atoms with E-state index in [4.69, 9.17) is 5.73 Å². The lowest BCUT2D eigenvalue weighted by atomic mass is 9.95. The summed E-state index contributed by atoms with van der Waals surface area (Å²) in [4.78, 5) is 5.20. The molecule has 1 unspecified atom stereocenters. The largest absolute Gasteiger partial charge is 0.399 e. The van der Waals surface area contributed by atoms with Crippen molar-refractivity contribution < 1.29 is 0 Å². The molecule has 0 radical (unpaired) electrons. The van der Waals surface area contributed by atoms with Gasteiger partial charge in [-0.05, 0) is 63.5 Å². The first-order chi connectivity index (χ1) is 10.1.